The third kappa shape index (κ3) is 8.63. The SMILES string of the molecule is CC[C@@H](C)NC(=O)[C@@H](Cc1ccccc1)N(Cc1cccc(Br)c1)C(=O)CN(C)S(=O)(=O)c1ccc(Cl)cc1. The van der Waals surface area contributed by atoms with E-state index in [1.165, 1.54) is 36.2 Å². The lowest BCUT2D eigenvalue weighted by Crippen LogP contribution is -2.54. The third-order valence-electron chi connectivity index (χ3n) is 6.39. The van der Waals surface area contributed by atoms with Crippen molar-refractivity contribution in [1.29, 1.82) is 0 Å². The van der Waals surface area contributed by atoms with Crippen LogP contribution in [0.25, 0.3) is 0 Å². The molecule has 7 nitrogen and oxygen atoms in total. The minimum absolute atomic E-state index is 0.0242. The van der Waals surface area contributed by atoms with Crippen molar-refractivity contribution in [2.45, 2.75) is 50.2 Å². The third-order valence-corrected chi connectivity index (χ3v) is 8.96. The van der Waals surface area contributed by atoms with Crippen molar-refractivity contribution in [3.8, 4) is 0 Å². The number of carbonyl (C=O) groups excluding carboxylic acids is 2. The Labute approximate surface area is 244 Å². The summed E-state index contributed by atoms with van der Waals surface area (Å²) < 4.78 is 28.3. The molecule has 3 rings (SSSR count). The van der Waals surface area contributed by atoms with Gasteiger partial charge >= 0.3 is 0 Å². The van der Waals surface area contributed by atoms with Crippen LogP contribution in [0.1, 0.15) is 31.4 Å². The lowest BCUT2D eigenvalue weighted by atomic mass is 10.0. The van der Waals surface area contributed by atoms with Gasteiger partial charge in [0.15, 0.2) is 0 Å². The number of nitrogens with zero attached hydrogens (tertiary/aromatic N) is 2. The molecule has 3 aromatic carbocycles. The molecular weight excluding hydrogens is 602 g/mol. The summed E-state index contributed by atoms with van der Waals surface area (Å²) >= 11 is 9.39. The molecule has 3 aromatic rings. The molecular formula is C29H33BrClN3O4S. The van der Waals surface area contributed by atoms with E-state index in [2.05, 4.69) is 21.2 Å². The van der Waals surface area contributed by atoms with Crippen molar-refractivity contribution >= 4 is 49.4 Å². The van der Waals surface area contributed by atoms with Crippen LogP contribution in [-0.2, 0) is 32.6 Å². The van der Waals surface area contributed by atoms with Crippen LogP contribution in [0, 0.1) is 0 Å². The van der Waals surface area contributed by atoms with Crippen LogP contribution in [0.5, 0.6) is 0 Å². The van der Waals surface area contributed by atoms with Crippen molar-refractivity contribution in [3.05, 3.63) is 99.5 Å². The molecule has 0 heterocycles. The average molecular weight is 635 g/mol. The summed E-state index contributed by atoms with van der Waals surface area (Å²) in [5.74, 6) is -0.782. The molecule has 0 aliphatic carbocycles. The highest BCUT2D eigenvalue weighted by atomic mass is 79.9. The van der Waals surface area contributed by atoms with Gasteiger partial charge < -0.3 is 10.2 Å². The number of sulfonamides is 1. The van der Waals surface area contributed by atoms with Gasteiger partial charge in [-0.05, 0) is 60.9 Å². The van der Waals surface area contributed by atoms with Gasteiger partial charge in [0.2, 0.25) is 21.8 Å². The Kier molecular flexibility index (Phi) is 11.1. The number of nitrogens with one attached hydrogen (secondary N) is 1. The van der Waals surface area contributed by atoms with E-state index < -0.39 is 28.5 Å². The molecule has 2 atom stereocenters. The first-order chi connectivity index (χ1) is 18.5. The van der Waals surface area contributed by atoms with Gasteiger partial charge in [-0.1, -0.05) is 76.9 Å². The van der Waals surface area contributed by atoms with Crippen molar-refractivity contribution in [1.82, 2.24) is 14.5 Å². The molecule has 0 unspecified atom stereocenters. The summed E-state index contributed by atoms with van der Waals surface area (Å²) in [5.41, 5.74) is 1.69. The van der Waals surface area contributed by atoms with Crippen LogP contribution >= 0.6 is 27.5 Å². The maximum absolute atomic E-state index is 13.9. The Bertz CT molecular complexity index is 1370. The van der Waals surface area contributed by atoms with Gasteiger partial charge in [-0.25, -0.2) is 8.42 Å². The van der Waals surface area contributed by atoms with Crippen molar-refractivity contribution in [3.63, 3.8) is 0 Å². The fourth-order valence-electron chi connectivity index (χ4n) is 3.98. The molecule has 0 saturated carbocycles. The van der Waals surface area contributed by atoms with Crippen molar-refractivity contribution < 1.29 is 18.0 Å². The molecule has 39 heavy (non-hydrogen) atoms. The molecule has 1 N–H and O–H groups in total. The number of benzene rings is 3. The minimum atomic E-state index is -3.97. The van der Waals surface area contributed by atoms with Crippen molar-refractivity contribution in [2.24, 2.45) is 0 Å². The first kappa shape index (κ1) is 30.8. The summed E-state index contributed by atoms with van der Waals surface area (Å²) in [6.45, 7) is 3.56. The van der Waals surface area contributed by atoms with Crippen molar-refractivity contribution in [2.75, 3.05) is 13.6 Å². The molecule has 0 aromatic heterocycles. The number of hydrogen-bond acceptors (Lipinski definition) is 4. The monoisotopic (exact) mass is 633 g/mol. The number of hydrogen-bond donors (Lipinski definition) is 1. The quantitative estimate of drug-likeness (QED) is 0.294. The van der Waals surface area contributed by atoms with Gasteiger partial charge in [-0.15, -0.1) is 0 Å². The minimum Gasteiger partial charge on any atom is -0.352 e. The summed E-state index contributed by atoms with van der Waals surface area (Å²) in [5, 5.41) is 3.42. The fourth-order valence-corrected chi connectivity index (χ4v) is 5.67. The van der Waals surface area contributed by atoms with E-state index in [4.69, 9.17) is 11.6 Å². The van der Waals surface area contributed by atoms with E-state index in [-0.39, 0.29) is 29.8 Å². The smallest absolute Gasteiger partial charge is 0.243 e. The largest absolute Gasteiger partial charge is 0.352 e. The van der Waals surface area contributed by atoms with Gasteiger partial charge in [0.25, 0.3) is 0 Å². The van der Waals surface area contributed by atoms with E-state index in [0.29, 0.717) is 5.02 Å². The second-order valence-corrected chi connectivity index (χ2v) is 12.8. The van der Waals surface area contributed by atoms with Crippen LogP contribution in [0.15, 0.2) is 88.2 Å². The predicted molar refractivity (Wildman–Crippen MR) is 158 cm³/mol. The molecule has 0 bridgehead atoms. The number of likely N-dealkylation sites (N-methyl/N-ethyl adjacent to an activating group) is 1. The zero-order valence-electron chi connectivity index (χ0n) is 22.2. The summed E-state index contributed by atoms with van der Waals surface area (Å²) in [6, 6.07) is 21.7. The fraction of sp³-hybridized carbons (Fsp3) is 0.310. The normalized spacial score (nSPS) is 13.1. The van der Waals surface area contributed by atoms with Gasteiger partial charge in [0, 0.05) is 35.6 Å². The highest BCUT2D eigenvalue weighted by molar-refractivity contribution is 9.10. The molecule has 0 aliphatic rings. The van der Waals surface area contributed by atoms with Crippen LogP contribution in [0.2, 0.25) is 5.02 Å². The summed E-state index contributed by atoms with van der Waals surface area (Å²) in [4.78, 5) is 29.0. The van der Waals surface area contributed by atoms with Gasteiger partial charge in [0.1, 0.15) is 6.04 Å². The van der Waals surface area contributed by atoms with Gasteiger partial charge in [-0.2, -0.15) is 4.31 Å². The molecule has 10 heteroatoms. The standard InChI is InChI=1S/C29H33BrClN3O4S/c1-4-21(2)32-29(36)27(18-22-9-6-5-7-10-22)34(19-23-11-8-12-24(30)17-23)28(35)20-33(3)39(37,38)26-15-13-25(31)14-16-26/h5-17,21,27H,4,18-20H2,1-3H3,(H,32,36)/t21-,27-/m1/s1. The molecule has 0 radical (unpaired) electrons. The summed E-state index contributed by atoms with van der Waals surface area (Å²) in [7, 11) is -2.62. The Morgan fingerprint density at radius 2 is 1.62 bits per heavy atom. The van der Waals surface area contributed by atoms with Crippen LogP contribution in [0.3, 0.4) is 0 Å². The number of amides is 2. The Balaban J connectivity index is 1.98. The van der Waals surface area contributed by atoms with E-state index in [0.717, 1.165) is 26.3 Å². The maximum atomic E-state index is 13.9. The lowest BCUT2D eigenvalue weighted by molar-refractivity contribution is -0.141. The van der Waals surface area contributed by atoms with E-state index >= 15 is 0 Å². The Hall–Kier alpha value is -2.72. The number of rotatable bonds is 12. The topological polar surface area (TPSA) is 86.8 Å². The molecule has 0 spiro atoms. The highest BCUT2D eigenvalue weighted by Gasteiger charge is 2.33. The second kappa shape index (κ2) is 14.1. The van der Waals surface area contributed by atoms with Crippen LogP contribution in [0.4, 0.5) is 0 Å². The average Bonchev–Trinajstić information content (AvgIpc) is 2.91. The Morgan fingerprint density at radius 3 is 2.23 bits per heavy atom. The molecule has 0 aliphatic heterocycles. The first-order valence-corrected chi connectivity index (χ1v) is 15.2. The van der Waals surface area contributed by atoms with E-state index in [9.17, 15) is 18.0 Å². The molecule has 208 valence electrons. The Morgan fingerprint density at radius 1 is 0.974 bits per heavy atom. The molecule has 2 amide bonds. The molecule has 0 fully saturated rings. The van der Waals surface area contributed by atoms with E-state index in [1.54, 1.807) is 0 Å². The van der Waals surface area contributed by atoms with Crippen LogP contribution in [-0.4, -0.2) is 55.1 Å². The number of carbonyl (C=O) groups is 2. The van der Waals surface area contributed by atoms with Gasteiger partial charge in [-0.3, -0.25) is 9.59 Å². The zero-order valence-corrected chi connectivity index (χ0v) is 25.3. The van der Waals surface area contributed by atoms with Crippen LogP contribution < -0.4 is 5.32 Å². The number of halogens is 2. The van der Waals surface area contributed by atoms with E-state index in [1.807, 2.05) is 68.4 Å². The first-order valence-electron chi connectivity index (χ1n) is 12.6. The highest BCUT2D eigenvalue weighted by Crippen LogP contribution is 2.21. The van der Waals surface area contributed by atoms with Gasteiger partial charge in [0.05, 0.1) is 11.4 Å². The lowest BCUT2D eigenvalue weighted by Gasteiger charge is -2.33. The predicted octanol–water partition coefficient (Wildman–Crippen LogP) is 5.28. The second-order valence-electron chi connectivity index (χ2n) is 9.39. The maximum Gasteiger partial charge on any atom is 0.243 e. The molecule has 0 saturated heterocycles. The zero-order chi connectivity index (χ0) is 28.6. The summed E-state index contributed by atoms with van der Waals surface area (Å²) in [6.07, 6.45) is 1.00.